The molecule has 0 spiro atoms. The molecule has 2 rings (SSSR count). The summed E-state index contributed by atoms with van der Waals surface area (Å²) in [6, 6.07) is 0.682. The minimum atomic E-state index is 0.682. The lowest BCUT2D eigenvalue weighted by molar-refractivity contribution is 0.219. The smallest absolute Gasteiger partial charge is 0.0480 e. The van der Waals surface area contributed by atoms with Crippen molar-refractivity contribution in [2.24, 2.45) is 0 Å². The molecular formula is C13H22N2S. The molecule has 1 aromatic rings. The first kappa shape index (κ1) is 11.9. The predicted molar refractivity (Wildman–Crippen MR) is 72.4 cm³/mol. The zero-order chi connectivity index (χ0) is 11.4. The molecule has 0 atom stereocenters. The first-order valence-electron chi connectivity index (χ1n) is 6.31. The van der Waals surface area contributed by atoms with Gasteiger partial charge >= 0.3 is 0 Å². The molecule has 0 aromatic carbocycles. The summed E-state index contributed by atoms with van der Waals surface area (Å²) >= 11 is 1.79. The fourth-order valence-electron chi connectivity index (χ4n) is 2.35. The monoisotopic (exact) mass is 238 g/mol. The molecule has 90 valence electrons. The highest BCUT2D eigenvalue weighted by Gasteiger charge is 2.18. The van der Waals surface area contributed by atoms with Gasteiger partial charge in [0.2, 0.25) is 0 Å². The van der Waals surface area contributed by atoms with Crippen LogP contribution in [-0.4, -0.2) is 30.6 Å². The Bertz CT molecular complexity index is 313. The number of hydrogen-bond donors (Lipinski definition) is 1. The second kappa shape index (κ2) is 5.69. The van der Waals surface area contributed by atoms with Crippen molar-refractivity contribution in [3.63, 3.8) is 0 Å². The molecule has 0 amide bonds. The summed E-state index contributed by atoms with van der Waals surface area (Å²) in [6.07, 6.45) is 3.85. The molecule has 0 saturated carbocycles. The van der Waals surface area contributed by atoms with E-state index in [0.29, 0.717) is 6.04 Å². The molecule has 16 heavy (non-hydrogen) atoms. The van der Waals surface area contributed by atoms with Crippen molar-refractivity contribution in [2.45, 2.75) is 39.2 Å². The van der Waals surface area contributed by atoms with Crippen molar-refractivity contribution >= 4 is 17.0 Å². The molecule has 2 heterocycles. The largest absolute Gasteiger partial charge is 0.381 e. The average Bonchev–Trinajstić information content (AvgIpc) is 2.68. The van der Waals surface area contributed by atoms with Crippen LogP contribution >= 0.6 is 11.3 Å². The predicted octanol–water partition coefficient (Wildman–Crippen LogP) is 3.34. The molecule has 1 aliphatic rings. The number of thiophene rings is 1. The lowest BCUT2D eigenvalue weighted by Crippen LogP contribution is -2.39. The minimum Gasteiger partial charge on any atom is -0.381 e. The summed E-state index contributed by atoms with van der Waals surface area (Å²) in [4.78, 5) is 2.58. The Morgan fingerprint density at radius 2 is 2.12 bits per heavy atom. The van der Waals surface area contributed by atoms with E-state index in [2.05, 4.69) is 34.8 Å². The van der Waals surface area contributed by atoms with Crippen LogP contribution in [0.1, 0.15) is 31.7 Å². The Kier molecular flexibility index (Phi) is 4.24. The third kappa shape index (κ3) is 2.98. The number of rotatable bonds is 4. The second-order valence-corrected chi connectivity index (χ2v) is 5.47. The van der Waals surface area contributed by atoms with Gasteiger partial charge in [0.05, 0.1) is 0 Å². The normalized spacial score (nSPS) is 18.9. The van der Waals surface area contributed by atoms with Crippen molar-refractivity contribution < 1.29 is 0 Å². The fourth-order valence-corrected chi connectivity index (χ4v) is 3.13. The number of nitrogens with zero attached hydrogens (tertiary/aromatic N) is 1. The molecule has 0 bridgehead atoms. The fraction of sp³-hybridized carbons (Fsp3) is 0.692. The van der Waals surface area contributed by atoms with Crippen LogP contribution in [0.25, 0.3) is 0 Å². The Balaban J connectivity index is 1.79. The molecule has 1 fully saturated rings. The van der Waals surface area contributed by atoms with Gasteiger partial charge < -0.3 is 10.2 Å². The van der Waals surface area contributed by atoms with Crippen molar-refractivity contribution in [1.82, 2.24) is 4.90 Å². The molecule has 0 radical (unpaired) electrons. The number of likely N-dealkylation sites (tertiary alicyclic amines) is 1. The molecule has 3 heteroatoms. The lowest BCUT2D eigenvalue weighted by Gasteiger charge is -2.32. The van der Waals surface area contributed by atoms with Crippen LogP contribution in [0.3, 0.4) is 0 Å². The van der Waals surface area contributed by atoms with Gasteiger partial charge in [-0.05, 0) is 43.7 Å². The standard InChI is InChI=1S/C13H22N2S/c1-3-6-15-7-4-12(5-8-15)14-13-10-16-9-11(13)2/h9-10,12,14H,3-8H2,1-2H3. The first-order valence-corrected chi connectivity index (χ1v) is 7.25. The Hall–Kier alpha value is -0.540. The van der Waals surface area contributed by atoms with E-state index in [-0.39, 0.29) is 0 Å². The molecule has 0 aliphatic carbocycles. The van der Waals surface area contributed by atoms with Gasteiger partial charge in [0.25, 0.3) is 0 Å². The molecule has 1 aromatic heterocycles. The van der Waals surface area contributed by atoms with Gasteiger partial charge in [-0.1, -0.05) is 6.92 Å². The highest BCUT2D eigenvalue weighted by Crippen LogP contribution is 2.23. The van der Waals surface area contributed by atoms with E-state index in [9.17, 15) is 0 Å². The quantitative estimate of drug-likeness (QED) is 0.865. The summed E-state index contributed by atoms with van der Waals surface area (Å²) in [5.41, 5.74) is 2.74. The van der Waals surface area contributed by atoms with E-state index < -0.39 is 0 Å². The van der Waals surface area contributed by atoms with Crippen LogP contribution in [-0.2, 0) is 0 Å². The third-order valence-electron chi connectivity index (χ3n) is 3.34. The van der Waals surface area contributed by atoms with Gasteiger partial charge in [-0.2, -0.15) is 0 Å². The lowest BCUT2D eigenvalue weighted by atomic mass is 10.0. The van der Waals surface area contributed by atoms with Crippen molar-refractivity contribution in [2.75, 3.05) is 25.0 Å². The molecule has 0 unspecified atom stereocenters. The van der Waals surface area contributed by atoms with Crippen LogP contribution in [0.5, 0.6) is 0 Å². The summed E-state index contributed by atoms with van der Waals surface area (Å²) in [5, 5.41) is 8.12. The zero-order valence-electron chi connectivity index (χ0n) is 10.3. The average molecular weight is 238 g/mol. The van der Waals surface area contributed by atoms with E-state index in [1.807, 2.05) is 0 Å². The van der Waals surface area contributed by atoms with Gasteiger partial charge in [0.15, 0.2) is 0 Å². The van der Waals surface area contributed by atoms with Gasteiger partial charge in [-0.25, -0.2) is 0 Å². The Morgan fingerprint density at radius 3 is 2.69 bits per heavy atom. The topological polar surface area (TPSA) is 15.3 Å². The van der Waals surface area contributed by atoms with Crippen molar-refractivity contribution in [3.05, 3.63) is 16.3 Å². The van der Waals surface area contributed by atoms with E-state index in [1.165, 1.54) is 50.1 Å². The van der Waals surface area contributed by atoms with E-state index >= 15 is 0 Å². The van der Waals surface area contributed by atoms with Crippen LogP contribution in [0.15, 0.2) is 10.8 Å². The van der Waals surface area contributed by atoms with Gasteiger partial charge in [-0.3, -0.25) is 0 Å². The Labute approximate surface area is 103 Å². The van der Waals surface area contributed by atoms with Crippen molar-refractivity contribution in [3.8, 4) is 0 Å². The molecule has 1 saturated heterocycles. The number of hydrogen-bond acceptors (Lipinski definition) is 3. The second-order valence-electron chi connectivity index (χ2n) is 4.73. The first-order chi connectivity index (χ1) is 7.79. The molecule has 1 aliphatic heterocycles. The molecule has 1 N–H and O–H groups in total. The number of nitrogens with one attached hydrogen (secondary N) is 1. The SMILES string of the molecule is CCCN1CCC(Nc2cscc2C)CC1. The Morgan fingerprint density at radius 1 is 1.38 bits per heavy atom. The van der Waals surface area contributed by atoms with Gasteiger partial charge in [0.1, 0.15) is 0 Å². The summed E-state index contributed by atoms with van der Waals surface area (Å²) in [5.74, 6) is 0. The third-order valence-corrected chi connectivity index (χ3v) is 4.20. The minimum absolute atomic E-state index is 0.682. The molecule has 2 nitrogen and oxygen atoms in total. The summed E-state index contributed by atoms with van der Waals surface area (Å²) < 4.78 is 0. The van der Waals surface area contributed by atoms with E-state index in [0.717, 1.165) is 0 Å². The molecular weight excluding hydrogens is 216 g/mol. The van der Waals surface area contributed by atoms with E-state index in [4.69, 9.17) is 0 Å². The van der Waals surface area contributed by atoms with Crippen LogP contribution < -0.4 is 5.32 Å². The highest BCUT2D eigenvalue weighted by molar-refractivity contribution is 7.08. The number of piperidine rings is 1. The maximum absolute atomic E-state index is 3.68. The maximum Gasteiger partial charge on any atom is 0.0480 e. The number of anilines is 1. The summed E-state index contributed by atoms with van der Waals surface area (Å²) in [7, 11) is 0. The van der Waals surface area contributed by atoms with E-state index in [1.54, 1.807) is 11.3 Å². The van der Waals surface area contributed by atoms with Crippen molar-refractivity contribution in [1.29, 1.82) is 0 Å². The summed E-state index contributed by atoms with van der Waals surface area (Å²) in [6.45, 7) is 8.23. The number of aryl methyl sites for hydroxylation is 1. The van der Waals surface area contributed by atoms with Crippen LogP contribution in [0, 0.1) is 6.92 Å². The zero-order valence-corrected chi connectivity index (χ0v) is 11.1. The highest BCUT2D eigenvalue weighted by atomic mass is 32.1. The van der Waals surface area contributed by atoms with Gasteiger partial charge in [0, 0.05) is 30.2 Å². The van der Waals surface area contributed by atoms with Gasteiger partial charge in [-0.15, -0.1) is 11.3 Å². The van der Waals surface area contributed by atoms with Crippen LogP contribution in [0.2, 0.25) is 0 Å². The maximum atomic E-state index is 3.68. The van der Waals surface area contributed by atoms with Crippen LogP contribution in [0.4, 0.5) is 5.69 Å².